The lowest BCUT2D eigenvalue weighted by Gasteiger charge is -2.08. The number of hydrogen-bond donors (Lipinski definition) is 1. The zero-order valence-electron chi connectivity index (χ0n) is 8.83. The van der Waals surface area contributed by atoms with Crippen molar-refractivity contribution in [1.82, 2.24) is 0 Å². The molecule has 1 aliphatic heterocycles. The van der Waals surface area contributed by atoms with Crippen molar-refractivity contribution in [3.05, 3.63) is 28.2 Å². The highest BCUT2D eigenvalue weighted by Crippen LogP contribution is 2.35. The van der Waals surface area contributed by atoms with Crippen LogP contribution in [0.15, 0.2) is 22.7 Å². The molecule has 0 spiro atoms. The van der Waals surface area contributed by atoms with Crippen LogP contribution in [0.1, 0.15) is 17.9 Å². The summed E-state index contributed by atoms with van der Waals surface area (Å²) in [5.41, 5.74) is 2.31. The third-order valence-corrected chi connectivity index (χ3v) is 3.13. The van der Waals surface area contributed by atoms with Gasteiger partial charge in [0.15, 0.2) is 0 Å². The van der Waals surface area contributed by atoms with Crippen LogP contribution in [0.5, 0.6) is 0 Å². The summed E-state index contributed by atoms with van der Waals surface area (Å²) in [4.78, 5) is 11.2. The van der Waals surface area contributed by atoms with E-state index < -0.39 is 0 Å². The maximum atomic E-state index is 11.2. The number of carbonyl (C=O) groups excluding carboxylic acids is 1. The first-order valence-corrected chi connectivity index (χ1v) is 5.60. The molecule has 1 heterocycles. The fourth-order valence-corrected chi connectivity index (χ4v) is 2.22. The van der Waals surface area contributed by atoms with Crippen molar-refractivity contribution in [3.63, 3.8) is 0 Å². The molecule has 1 aliphatic rings. The summed E-state index contributed by atoms with van der Waals surface area (Å²) in [6, 6.07) is 6.08. The van der Waals surface area contributed by atoms with Crippen LogP contribution in [0.3, 0.4) is 0 Å². The smallest absolute Gasteiger partial charge is 0.306 e. The molecular formula is C11H13BrClNO2. The Balaban J connectivity index is 0.00000128. The highest BCUT2D eigenvalue weighted by atomic mass is 79.9. The number of anilines is 1. The molecule has 1 aromatic rings. The second-order valence-electron chi connectivity index (χ2n) is 3.59. The molecular weight excluding hydrogens is 293 g/mol. The molecule has 1 unspecified atom stereocenters. The first-order chi connectivity index (χ1) is 7.20. The third kappa shape index (κ3) is 2.68. The van der Waals surface area contributed by atoms with Crippen molar-refractivity contribution in [1.29, 1.82) is 0 Å². The maximum Gasteiger partial charge on any atom is 0.306 e. The number of ether oxygens (including phenoxy) is 1. The molecule has 0 aromatic heterocycles. The summed E-state index contributed by atoms with van der Waals surface area (Å²) in [5, 5.41) is 3.28. The van der Waals surface area contributed by atoms with Gasteiger partial charge in [0, 0.05) is 22.6 Å². The molecule has 2 rings (SSSR count). The summed E-state index contributed by atoms with van der Waals surface area (Å²) < 4.78 is 5.72. The van der Waals surface area contributed by atoms with E-state index in [9.17, 15) is 4.79 Å². The highest BCUT2D eigenvalue weighted by molar-refractivity contribution is 9.10. The van der Waals surface area contributed by atoms with Gasteiger partial charge < -0.3 is 10.1 Å². The number of benzene rings is 1. The van der Waals surface area contributed by atoms with Crippen molar-refractivity contribution in [3.8, 4) is 0 Å². The van der Waals surface area contributed by atoms with Gasteiger partial charge in [0.25, 0.3) is 0 Å². The minimum absolute atomic E-state index is 0. The summed E-state index contributed by atoms with van der Waals surface area (Å²) in [6.07, 6.45) is 0.437. The van der Waals surface area contributed by atoms with Gasteiger partial charge >= 0.3 is 5.97 Å². The van der Waals surface area contributed by atoms with Crippen LogP contribution < -0.4 is 5.32 Å². The maximum absolute atomic E-state index is 11.2. The predicted molar refractivity (Wildman–Crippen MR) is 69.3 cm³/mol. The number of esters is 1. The fraction of sp³-hybridized carbons (Fsp3) is 0.364. The van der Waals surface area contributed by atoms with Crippen LogP contribution in [0.4, 0.5) is 5.69 Å². The average molecular weight is 307 g/mol. The molecule has 1 aromatic carbocycles. The number of methoxy groups -OCH3 is 1. The first-order valence-electron chi connectivity index (χ1n) is 4.81. The number of fused-ring (bicyclic) bond motifs is 1. The SMILES string of the molecule is COC(=O)CC1CNc2ccc(Br)cc21.Cl. The van der Waals surface area contributed by atoms with Crippen molar-refractivity contribution >= 4 is 40.0 Å². The Kier molecular flexibility index (Phi) is 4.62. The number of halogens is 2. The second kappa shape index (κ2) is 5.55. The second-order valence-corrected chi connectivity index (χ2v) is 4.51. The molecule has 0 saturated heterocycles. The molecule has 0 saturated carbocycles. The Morgan fingerprint density at radius 1 is 1.62 bits per heavy atom. The lowest BCUT2D eigenvalue weighted by Crippen LogP contribution is -2.10. The first kappa shape index (κ1) is 13.3. The molecule has 16 heavy (non-hydrogen) atoms. The van der Waals surface area contributed by atoms with Gasteiger partial charge in [-0.3, -0.25) is 4.79 Å². The standard InChI is InChI=1S/C11H12BrNO2.ClH/c1-15-11(14)4-7-6-13-10-3-2-8(12)5-9(7)10;/h2-3,5,7,13H,4,6H2,1H3;1H. The van der Waals surface area contributed by atoms with Gasteiger partial charge in [-0.05, 0) is 23.8 Å². The van der Waals surface area contributed by atoms with Gasteiger partial charge in [-0.1, -0.05) is 15.9 Å². The molecule has 0 bridgehead atoms. The quantitative estimate of drug-likeness (QED) is 0.854. The van der Waals surface area contributed by atoms with E-state index in [-0.39, 0.29) is 24.3 Å². The van der Waals surface area contributed by atoms with Crippen LogP contribution in [0.25, 0.3) is 0 Å². The molecule has 0 amide bonds. The minimum atomic E-state index is -0.158. The predicted octanol–water partition coefficient (Wildman–Crippen LogP) is 2.94. The van der Waals surface area contributed by atoms with Crippen molar-refractivity contribution in [2.45, 2.75) is 12.3 Å². The Morgan fingerprint density at radius 3 is 3.06 bits per heavy atom. The Morgan fingerprint density at radius 2 is 2.38 bits per heavy atom. The number of rotatable bonds is 2. The summed E-state index contributed by atoms with van der Waals surface area (Å²) in [7, 11) is 1.42. The summed E-state index contributed by atoms with van der Waals surface area (Å²) in [6.45, 7) is 0.806. The van der Waals surface area contributed by atoms with E-state index in [1.165, 1.54) is 12.7 Å². The van der Waals surface area contributed by atoms with Crippen molar-refractivity contribution < 1.29 is 9.53 Å². The van der Waals surface area contributed by atoms with Crippen LogP contribution in [0.2, 0.25) is 0 Å². The van der Waals surface area contributed by atoms with Crippen LogP contribution in [-0.2, 0) is 9.53 Å². The summed E-state index contributed by atoms with van der Waals surface area (Å²) >= 11 is 3.43. The number of nitrogens with one attached hydrogen (secondary N) is 1. The van der Waals surface area contributed by atoms with Crippen molar-refractivity contribution in [2.75, 3.05) is 19.0 Å². The van der Waals surface area contributed by atoms with E-state index >= 15 is 0 Å². The van der Waals surface area contributed by atoms with Crippen LogP contribution >= 0.6 is 28.3 Å². The van der Waals surface area contributed by atoms with Gasteiger partial charge in [-0.25, -0.2) is 0 Å². The Bertz CT molecular complexity index is 398. The molecule has 0 fully saturated rings. The molecule has 1 atom stereocenters. The Hall–Kier alpha value is -0.740. The molecule has 88 valence electrons. The van der Waals surface area contributed by atoms with Crippen molar-refractivity contribution in [2.24, 2.45) is 0 Å². The van der Waals surface area contributed by atoms with Gasteiger partial charge in [0.2, 0.25) is 0 Å². The topological polar surface area (TPSA) is 38.3 Å². The van der Waals surface area contributed by atoms with E-state index in [4.69, 9.17) is 0 Å². The molecule has 0 radical (unpaired) electrons. The van der Waals surface area contributed by atoms with Gasteiger partial charge in [-0.2, -0.15) is 0 Å². The van der Waals surface area contributed by atoms with Gasteiger partial charge in [-0.15, -0.1) is 12.4 Å². The zero-order chi connectivity index (χ0) is 10.8. The molecule has 1 N–H and O–H groups in total. The van der Waals surface area contributed by atoms with E-state index in [0.29, 0.717) is 6.42 Å². The average Bonchev–Trinajstić information content (AvgIpc) is 2.61. The van der Waals surface area contributed by atoms with Gasteiger partial charge in [0.1, 0.15) is 0 Å². The molecule has 3 nitrogen and oxygen atoms in total. The fourth-order valence-electron chi connectivity index (χ4n) is 1.84. The Labute approximate surface area is 109 Å². The molecule has 0 aliphatic carbocycles. The lowest BCUT2D eigenvalue weighted by atomic mass is 9.98. The number of carbonyl (C=O) groups is 1. The largest absolute Gasteiger partial charge is 0.469 e. The summed E-state index contributed by atoms with van der Waals surface area (Å²) in [5.74, 6) is 0.0691. The van der Waals surface area contributed by atoms with E-state index in [0.717, 1.165) is 16.7 Å². The normalized spacial score (nSPS) is 17.0. The van der Waals surface area contributed by atoms with E-state index in [1.807, 2.05) is 12.1 Å². The zero-order valence-corrected chi connectivity index (χ0v) is 11.2. The van der Waals surface area contributed by atoms with Crippen LogP contribution in [-0.4, -0.2) is 19.6 Å². The van der Waals surface area contributed by atoms with E-state index in [2.05, 4.69) is 32.0 Å². The third-order valence-electron chi connectivity index (χ3n) is 2.63. The number of hydrogen-bond acceptors (Lipinski definition) is 3. The van der Waals surface area contributed by atoms with E-state index in [1.54, 1.807) is 0 Å². The highest BCUT2D eigenvalue weighted by Gasteiger charge is 2.24. The molecule has 5 heteroatoms. The van der Waals surface area contributed by atoms with Gasteiger partial charge in [0.05, 0.1) is 13.5 Å². The lowest BCUT2D eigenvalue weighted by molar-refractivity contribution is -0.140. The minimum Gasteiger partial charge on any atom is -0.469 e. The monoisotopic (exact) mass is 305 g/mol. The van der Waals surface area contributed by atoms with Crippen LogP contribution in [0, 0.1) is 0 Å².